The molecular weight excluding hydrogens is 525 g/mol. The summed E-state index contributed by atoms with van der Waals surface area (Å²) in [5.74, 6) is -2.86. The first-order valence-electron chi connectivity index (χ1n) is 12.9. The summed E-state index contributed by atoms with van der Waals surface area (Å²) >= 11 is 0. The van der Waals surface area contributed by atoms with Crippen molar-refractivity contribution >= 4 is 31.6 Å². The van der Waals surface area contributed by atoms with Crippen molar-refractivity contribution in [3.63, 3.8) is 0 Å². The lowest BCUT2D eigenvalue weighted by Gasteiger charge is -2.44. The average molecular weight is 568 g/mol. The van der Waals surface area contributed by atoms with E-state index < -0.39 is 68.9 Å². The molecule has 2 N–H and O–H groups in total. The first-order valence-corrected chi connectivity index (χ1v) is 14.4. The molecule has 0 aromatic carbocycles. The van der Waals surface area contributed by atoms with E-state index in [2.05, 4.69) is 12.2 Å². The maximum absolute atomic E-state index is 12.7. The van der Waals surface area contributed by atoms with Gasteiger partial charge in [-0.05, 0) is 6.42 Å². The molecule has 38 heavy (non-hydrogen) atoms. The van der Waals surface area contributed by atoms with E-state index in [4.69, 9.17) is 28.0 Å². The highest BCUT2D eigenvalue weighted by atomic mass is 31.2. The molecule has 6 atom stereocenters. The highest BCUT2D eigenvalue weighted by molar-refractivity contribution is 7.47. The number of phosphoric ester groups is 1. The topological polar surface area (TPSA) is 173 Å². The summed E-state index contributed by atoms with van der Waals surface area (Å²) in [6.07, 6.45) is 2.39. The predicted molar refractivity (Wildman–Crippen MR) is 133 cm³/mol. The Bertz CT molecular complexity index is 822. The maximum atomic E-state index is 12.7. The highest BCUT2D eigenvalue weighted by Gasteiger charge is 2.53. The number of hydrogen-bond acceptors (Lipinski definition) is 11. The van der Waals surface area contributed by atoms with E-state index in [9.17, 15) is 28.6 Å². The van der Waals surface area contributed by atoms with E-state index in [1.54, 1.807) is 0 Å². The van der Waals surface area contributed by atoms with Crippen molar-refractivity contribution < 1.29 is 56.6 Å². The molecule has 0 radical (unpaired) electrons. The second-order valence-electron chi connectivity index (χ2n) is 9.10. The van der Waals surface area contributed by atoms with Gasteiger partial charge in [0, 0.05) is 27.7 Å². The van der Waals surface area contributed by atoms with Crippen LogP contribution in [0.25, 0.3) is 0 Å². The number of unbranched alkanes of at least 4 members (excludes halogenated alkanes) is 7. The molecule has 1 saturated heterocycles. The first kappa shape index (κ1) is 34.0. The van der Waals surface area contributed by atoms with Crippen molar-refractivity contribution in [2.45, 2.75) is 117 Å². The molecule has 1 heterocycles. The Morgan fingerprint density at radius 3 is 1.92 bits per heavy atom. The zero-order valence-corrected chi connectivity index (χ0v) is 23.7. The third-order valence-corrected chi connectivity index (χ3v) is 6.54. The van der Waals surface area contributed by atoms with Crippen LogP contribution >= 0.6 is 7.82 Å². The number of ether oxygens (including phenoxy) is 4. The zero-order chi connectivity index (χ0) is 28.7. The van der Waals surface area contributed by atoms with Gasteiger partial charge in [0.2, 0.25) is 5.91 Å². The number of carbonyl (C=O) groups excluding carboxylic acids is 4. The van der Waals surface area contributed by atoms with E-state index in [0.29, 0.717) is 6.42 Å². The van der Waals surface area contributed by atoms with Crippen LogP contribution in [0.2, 0.25) is 0 Å². The minimum atomic E-state index is -4.72. The van der Waals surface area contributed by atoms with Gasteiger partial charge in [0.1, 0.15) is 18.8 Å². The number of hydrogen-bond donors (Lipinski definition) is 2. The van der Waals surface area contributed by atoms with Crippen LogP contribution in [0.5, 0.6) is 0 Å². The first-order chi connectivity index (χ1) is 17.9. The van der Waals surface area contributed by atoms with Crippen LogP contribution in [-0.2, 0) is 51.7 Å². The van der Waals surface area contributed by atoms with Gasteiger partial charge in [-0.25, -0.2) is 4.57 Å². The summed E-state index contributed by atoms with van der Waals surface area (Å²) < 4.78 is 44.3. The van der Waals surface area contributed by atoms with Gasteiger partial charge in [-0.3, -0.25) is 28.2 Å². The molecule has 220 valence electrons. The molecule has 1 fully saturated rings. The molecular formula is C24H42NO12P. The quantitative estimate of drug-likeness (QED) is 0.114. The van der Waals surface area contributed by atoms with Crippen molar-refractivity contribution in [1.82, 2.24) is 5.32 Å². The van der Waals surface area contributed by atoms with E-state index in [1.807, 2.05) is 0 Å². The molecule has 0 aromatic rings. The Morgan fingerprint density at radius 2 is 1.39 bits per heavy atom. The van der Waals surface area contributed by atoms with Gasteiger partial charge in [0.25, 0.3) is 0 Å². The van der Waals surface area contributed by atoms with Crippen molar-refractivity contribution in [1.29, 1.82) is 0 Å². The Labute approximate surface area is 223 Å². The van der Waals surface area contributed by atoms with Crippen LogP contribution in [-0.4, -0.2) is 72.6 Å². The summed E-state index contributed by atoms with van der Waals surface area (Å²) in [4.78, 5) is 57.3. The van der Waals surface area contributed by atoms with Gasteiger partial charge in [-0.2, -0.15) is 0 Å². The van der Waals surface area contributed by atoms with E-state index in [0.717, 1.165) is 53.4 Å². The smallest absolute Gasteiger partial charge is 0.463 e. The third kappa shape index (κ3) is 13.7. The standard InChI is InChI=1S/C24H42NO12P/c1-6-7-8-9-10-11-12-13-14-33-38(30,31)37-24-21(25-16(2)26)23(35-19(5)29)22(34-18(4)28)20(36-24)15-32-17(3)27/h20-24H,6-15H2,1-5H3,(H,25,26)(H,30,31)/t20-,21-,22-,23-,24?/m1/s1. The number of rotatable bonds is 17. The summed E-state index contributed by atoms with van der Waals surface area (Å²) in [5, 5.41) is 2.45. The van der Waals surface area contributed by atoms with Gasteiger partial charge in [-0.1, -0.05) is 51.9 Å². The summed E-state index contributed by atoms with van der Waals surface area (Å²) in [6, 6.07) is -1.37. The molecule has 14 heteroatoms. The fraction of sp³-hybridized carbons (Fsp3) is 0.833. The van der Waals surface area contributed by atoms with Gasteiger partial charge < -0.3 is 29.2 Å². The fourth-order valence-electron chi connectivity index (χ4n) is 3.96. The second kappa shape index (κ2) is 17.5. The van der Waals surface area contributed by atoms with Crippen molar-refractivity contribution in [2.24, 2.45) is 0 Å². The lowest BCUT2D eigenvalue weighted by atomic mass is 9.96. The molecule has 1 aliphatic heterocycles. The average Bonchev–Trinajstić information content (AvgIpc) is 2.79. The summed E-state index contributed by atoms with van der Waals surface area (Å²) in [6.45, 7) is 6.12. The van der Waals surface area contributed by atoms with Crippen molar-refractivity contribution in [3.05, 3.63) is 0 Å². The fourth-order valence-corrected chi connectivity index (χ4v) is 4.82. The number of nitrogens with one attached hydrogen (secondary N) is 1. The molecule has 0 aliphatic carbocycles. The Morgan fingerprint density at radius 1 is 0.842 bits per heavy atom. The molecule has 0 spiro atoms. The van der Waals surface area contributed by atoms with Gasteiger partial charge in [-0.15, -0.1) is 0 Å². The van der Waals surface area contributed by atoms with E-state index in [-0.39, 0.29) is 6.61 Å². The van der Waals surface area contributed by atoms with E-state index in [1.165, 1.54) is 19.3 Å². The maximum Gasteiger partial charge on any atom is 0.474 e. The van der Waals surface area contributed by atoms with Crippen LogP contribution in [0.1, 0.15) is 86.0 Å². The second-order valence-corrected chi connectivity index (χ2v) is 10.5. The number of amides is 1. The van der Waals surface area contributed by atoms with Crippen LogP contribution in [0.3, 0.4) is 0 Å². The van der Waals surface area contributed by atoms with E-state index >= 15 is 0 Å². The van der Waals surface area contributed by atoms with Crippen molar-refractivity contribution in [3.8, 4) is 0 Å². The lowest BCUT2D eigenvalue weighted by Crippen LogP contribution is -2.66. The normalized spacial score (nSPS) is 24.6. The molecule has 13 nitrogen and oxygen atoms in total. The van der Waals surface area contributed by atoms with Crippen LogP contribution < -0.4 is 5.32 Å². The molecule has 2 unspecified atom stereocenters. The largest absolute Gasteiger partial charge is 0.474 e. The molecule has 1 rings (SSSR count). The predicted octanol–water partition coefficient (Wildman–Crippen LogP) is 2.92. The monoisotopic (exact) mass is 567 g/mol. The summed E-state index contributed by atoms with van der Waals surface area (Å²) in [7, 11) is -4.72. The Kier molecular flexibility index (Phi) is 15.7. The number of esters is 3. The molecule has 0 saturated carbocycles. The zero-order valence-electron chi connectivity index (χ0n) is 22.8. The minimum Gasteiger partial charge on any atom is -0.463 e. The lowest BCUT2D eigenvalue weighted by molar-refractivity contribution is -0.260. The van der Waals surface area contributed by atoms with Gasteiger partial charge in [0.05, 0.1) is 6.61 Å². The van der Waals surface area contributed by atoms with Crippen molar-refractivity contribution in [2.75, 3.05) is 13.2 Å². The number of phosphoric acid groups is 1. The molecule has 1 amide bonds. The van der Waals surface area contributed by atoms with Crippen LogP contribution in [0, 0.1) is 0 Å². The molecule has 1 aliphatic rings. The Balaban J connectivity index is 2.97. The third-order valence-electron chi connectivity index (χ3n) is 5.56. The molecule has 0 bridgehead atoms. The SMILES string of the molecule is CCCCCCCCCCOP(=O)(O)OC1O[C@H](COC(C)=O)[C@@H](OC(C)=O)[C@H](OC(C)=O)[C@H]1NC(C)=O. The highest BCUT2D eigenvalue weighted by Crippen LogP contribution is 2.47. The van der Waals surface area contributed by atoms with Crippen LogP contribution in [0.4, 0.5) is 0 Å². The summed E-state index contributed by atoms with van der Waals surface area (Å²) in [5.41, 5.74) is 0. The van der Waals surface area contributed by atoms with Gasteiger partial charge in [0.15, 0.2) is 18.5 Å². The van der Waals surface area contributed by atoms with Gasteiger partial charge >= 0.3 is 25.7 Å². The Hall–Kier alpha value is -2.05. The molecule has 0 aromatic heterocycles. The van der Waals surface area contributed by atoms with Crippen LogP contribution in [0.15, 0.2) is 0 Å². The minimum absolute atomic E-state index is 0.0550. The number of carbonyl (C=O) groups is 4.